The maximum Gasteiger partial charge on any atom is 0.145 e. The van der Waals surface area contributed by atoms with Crippen molar-refractivity contribution in [3.63, 3.8) is 0 Å². The molecule has 1 aromatic rings. The molecule has 0 amide bonds. The van der Waals surface area contributed by atoms with Crippen molar-refractivity contribution in [2.75, 3.05) is 17.3 Å². The van der Waals surface area contributed by atoms with Crippen LogP contribution >= 0.6 is 0 Å². The summed E-state index contributed by atoms with van der Waals surface area (Å²) < 4.78 is 5.65. The Morgan fingerprint density at radius 1 is 1.35 bits per heavy atom. The van der Waals surface area contributed by atoms with Crippen molar-refractivity contribution in [2.45, 2.75) is 58.1 Å². The van der Waals surface area contributed by atoms with E-state index in [0.29, 0.717) is 5.82 Å². The first-order valence-corrected chi connectivity index (χ1v) is 7.00. The zero-order valence-electron chi connectivity index (χ0n) is 12.9. The Morgan fingerprint density at radius 2 is 2.00 bits per heavy atom. The summed E-state index contributed by atoms with van der Waals surface area (Å²) in [5, 5.41) is 3.48. The largest absolute Gasteiger partial charge is 0.376 e. The van der Waals surface area contributed by atoms with Gasteiger partial charge in [-0.15, -0.1) is 0 Å². The molecular formula is C14H25N5O. The van der Waals surface area contributed by atoms with Gasteiger partial charge in [0.05, 0.1) is 11.6 Å². The van der Waals surface area contributed by atoms with E-state index in [9.17, 15) is 0 Å². The van der Waals surface area contributed by atoms with Crippen molar-refractivity contribution in [3.05, 3.63) is 11.9 Å². The Hall–Kier alpha value is -1.40. The van der Waals surface area contributed by atoms with Crippen LogP contribution in [-0.4, -0.2) is 28.2 Å². The normalized spacial score (nSPS) is 26.6. The summed E-state index contributed by atoms with van der Waals surface area (Å²) >= 11 is 0. The van der Waals surface area contributed by atoms with Gasteiger partial charge in [-0.3, -0.25) is 0 Å². The molecule has 1 saturated heterocycles. The Balaban J connectivity index is 2.32. The van der Waals surface area contributed by atoms with Crippen molar-refractivity contribution < 1.29 is 4.74 Å². The molecule has 0 radical (unpaired) electrons. The number of rotatable bonds is 3. The Bertz CT molecular complexity index is 485. The monoisotopic (exact) mass is 279 g/mol. The van der Waals surface area contributed by atoms with Crippen molar-refractivity contribution in [1.82, 2.24) is 9.97 Å². The van der Waals surface area contributed by atoms with Crippen LogP contribution < -0.4 is 16.6 Å². The number of aromatic nitrogens is 2. The first kappa shape index (κ1) is 15.0. The molecule has 6 heteroatoms. The molecule has 2 rings (SSSR count). The molecule has 1 fully saturated rings. The highest BCUT2D eigenvalue weighted by molar-refractivity contribution is 5.49. The lowest BCUT2D eigenvalue weighted by atomic mass is 9.94. The zero-order chi connectivity index (χ0) is 15.0. The van der Waals surface area contributed by atoms with Gasteiger partial charge < -0.3 is 15.5 Å². The van der Waals surface area contributed by atoms with E-state index >= 15 is 0 Å². The predicted molar refractivity (Wildman–Crippen MR) is 80.6 cm³/mol. The molecule has 2 unspecified atom stereocenters. The van der Waals surface area contributed by atoms with Crippen LogP contribution in [0.4, 0.5) is 11.6 Å². The van der Waals surface area contributed by atoms with Crippen molar-refractivity contribution in [2.24, 2.45) is 5.84 Å². The van der Waals surface area contributed by atoms with Gasteiger partial charge in [0, 0.05) is 18.1 Å². The number of nitrogens with one attached hydrogen (secondary N) is 2. The Morgan fingerprint density at radius 3 is 2.50 bits per heavy atom. The van der Waals surface area contributed by atoms with Crippen LogP contribution in [0.15, 0.2) is 6.07 Å². The van der Waals surface area contributed by atoms with Crippen LogP contribution in [-0.2, 0) is 10.2 Å². The zero-order valence-corrected chi connectivity index (χ0v) is 12.9. The van der Waals surface area contributed by atoms with Gasteiger partial charge in [-0.1, -0.05) is 20.8 Å². The van der Waals surface area contributed by atoms with E-state index in [1.54, 1.807) is 0 Å². The third-order valence-electron chi connectivity index (χ3n) is 3.84. The smallest absolute Gasteiger partial charge is 0.145 e. The summed E-state index contributed by atoms with van der Waals surface area (Å²) in [6.07, 6.45) is 1.10. The average Bonchev–Trinajstić information content (AvgIpc) is 2.67. The molecule has 2 atom stereocenters. The highest BCUT2D eigenvalue weighted by Crippen LogP contribution is 2.30. The molecule has 20 heavy (non-hydrogen) atoms. The fraction of sp³-hybridized carbons (Fsp3) is 0.714. The molecule has 112 valence electrons. The predicted octanol–water partition coefficient (Wildman–Crippen LogP) is 2.04. The van der Waals surface area contributed by atoms with Gasteiger partial charge in [-0.05, 0) is 20.3 Å². The number of nitrogen functional groups attached to an aromatic ring is 1. The minimum absolute atomic E-state index is 0.116. The van der Waals surface area contributed by atoms with Gasteiger partial charge in [0.1, 0.15) is 17.5 Å². The molecule has 2 heterocycles. The minimum Gasteiger partial charge on any atom is -0.376 e. The van der Waals surface area contributed by atoms with Crippen molar-refractivity contribution in [3.8, 4) is 0 Å². The van der Waals surface area contributed by atoms with Gasteiger partial charge in [-0.2, -0.15) is 0 Å². The number of anilines is 2. The maximum absolute atomic E-state index is 5.65. The highest BCUT2D eigenvalue weighted by atomic mass is 16.5. The van der Waals surface area contributed by atoms with Gasteiger partial charge >= 0.3 is 0 Å². The highest BCUT2D eigenvalue weighted by Gasteiger charge is 2.37. The van der Waals surface area contributed by atoms with Gasteiger partial charge in [0.25, 0.3) is 0 Å². The quantitative estimate of drug-likeness (QED) is 0.580. The van der Waals surface area contributed by atoms with E-state index in [2.05, 4.69) is 55.3 Å². The second-order valence-electron chi connectivity index (χ2n) is 6.66. The fourth-order valence-electron chi connectivity index (χ4n) is 2.21. The maximum atomic E-state index is 5.65. The molecule has 1 aromatic heterocycles. The third kappa shape index (κ3) is 3.02. The third-order valence-corrected chi connectivity index (χ3v) is 3.84. The standard InChI is InChI=1S/C14H25N5O/c1-9-14(5,6-7-20-9)18-10-8-11(19-15)17-12(16-10)13(2,3)4/h8-9H,6-7,15H2,1-5H3,(H2,16,17,18,19). The van der Waals surface area contributed by atoms with E-state index in [1.807, 2.05) is 6.07 Å². The van der Waals surface area contributed by atoms with Crippen LogP contribution in [0, 0.1) is 0 Å². The summed E-state index contributed by atoms with van der Waals surface area (Å²) in [6.45, 7) is 11.2. The van der Waals surface area contributed by atoms with Crippen molar-refractivity contribution in [1.29, 1.82) is 0 Å². The molecule has 0 aliphatic carbocycles. The van der Waals surface area contributed by atoms with Crippen LogP contribution in [0.2, 0.25) is 0 Å². The molecule has 0 spiro atoms. The summed E-state index contributed by atoms with van der Waals surface area (Å²) in [5.74, 6) is 7.65. The average molecular weight is 279 g/mol. The van der Waals surface area contributed by atoms with Gasteiger partial charge in [-0.25, -0.2) is 15.8 Å². The van der Waals surface area contributed by atoms with E-state index in [-0.39, 0.29) is 17.1 Å². The Labute approximate surface area is 120 Å². The van der Waals surface area contributed by atoms with Crippen LogP contribution in [0.1, 0.15) is 46.9 Å². The fourth-order valence-corrected chi connectivity index (χ4v) is 2.21. The number of hydrogen-bond acceptors (Lipinski definition) is 6. The summed E-state index contributed by atoms with van der Waals surface area (Å²) in [5.41, 5.74) is 2.35. The summed E-state index contributed by atoms with van der Waals surface area (Å²) in [4.78, 5) is 9.04. The molecule has 0 saturated carbocycles. The van der Waals surface area contributed by atoms with Crippen LogP contribution in [0.5, 0.6) is 0 Å². The first-order valence-electron chi connectivity index (χ1n) is 7.00. The van der Waals surface area contributed by atoms with Crippen molar-refractivity contribution >= 4 is 11.6 Å². The molecule has 0 bridgehead atoms. The van der Waals surface area contributed by atoms with E-state index < -0.39 is 0 Å². The Kier molecular flexibility index (Phi) is 3.88. The van der Waals surface area contributed by atoms with Gasteiger partial charge in [0.2, 0.25) is 0 Å². The molecule has 0 aromatic carbocycles. The lowest BCUT2D eigenvalue weighted by Gasteiger charge is -2.30. The molecule has 4 N–H and O–H groups in total. The topological polar surface area (TPSA) is 85.1 Å². The van der Waals surface area contributed by atoms with Crippen LogP contribution in [0.3, 0.4) is 0 Å². The van der Waals surface area contributed by atoms with Crippen LogP contribution in [0.25, 0.3) is 0 Å². The van der Waals surface area contributed by atoms with E-state index in [0.717, 1.165) is 24.7 Å². The number of nitrogens with zero attached hydrogens (tertiary/aromatic N) is 2. The van der Waals surface area contributed by atoms with E-state index in [1.165, 1.54) is 0 Å². The molecular weight excluding hydrogens is 254 g/mol. The van der Waals surface area contributed by atoms with E-state index in [4.69, 9.17) is 10.6 Å². The summed E-state index contributed by atoms with van der Waals surface area (Å²) in [6, 6.07) is 1.82. The molecule has 1 aliphatic heterocycles. The summed E-state index contributed by atoms with van der Waals surface area (Å²) in [7, 11) is 0. The SMILES string of the molecule is CC1OCCC1(C)Nc1cc(NN)nc(C(C)(C)C)n1. The second kappa shape index (κ2) is 5.18. The minimum atomic E-state index is -0.137. The second-order valence-corrected chi connectivity index (χ2v) is 6.66. The molecule has 6 nitrogen and oxygen atoms in total. The van der Waals surface area contributed by atoms with Gasteiger partial charge in [0.15, 0.2) is 0 Å². The first-order chi connectivity index (χ1) is 9.24. The number of hydrazine groups is 1. The number of hydrogen-bond donors (Lipinski definition) is 3. The lowest BCUT2D eigenvalue weighted by Crippen LogP contribution is -2.41. The molecule has 1 aliphatic rings. The number of nitrogens with two attached hydrogens (primary N) is 1. The lowest BCUT2D eigenvalue weighted by molar-refractivity contribution is 0.105. The number of ether oxygens (including phenoxy) is 1.